The maximum Gasteiger partial charge on any atom is 0.0537 e. The van der Waals surface area contributed by atoms with Crippen LogP contribution in [0.4, 0.5) is 0 Å². The fourth-order valence-corrected chi connectivity index (χ4v) is 2.68. The number of aryl methyl sites for hydroxylation is 1. The molecule has 4 nitrogen and oxygen atoms in total. The molecule has 0 aliphatic carbocycles. The summed E-state index contributed by atoms with van der Waals surface area (Å²) in [6, 6.07) is 0.596. The van der Waals surface area contributed by atoms with Crippen molar-refractivity contribution in [2.45, 2.75) is 39.3 Å². The van der Waals surface area contributed by atoms with E-state index in [1.807, 2.05) is 17.9 Å². The molecule has 0 spiro atoms. The first-order chi connectivity index (χ1) is 8.58. The molecule has 1 unspecified atom stereocenters. The third-order valence-electron chi connectivity index (χ3n) is 4.42. The van der Waals surface area contributed by atoms with Crippen LogP contribution in [0.3, 0.4) is 0 Å². The molecule has 18 heavy (non-hydrogen) atoms. The summed E-state index contributed by atoms with van der Waals surface area (Å²) in [6.07, 6.45) is 4.61. The molecular weight excluding hydrogens is 224 g/mol. The van der Waals surface area contributed by atoms with Crippen molar-refractivity contribution in [3.8, 4) is 0 Å². The molecule has 2 heterocycles. The van der Waals surface area contributed by atoms with E-state index < -0.39 is 0 Å². The van der Waals surface area contributed by atoms with E-state index >= 15 is 0 Å². The predicted octanol–water partition coefficient (Wildman–Crippen LogP) is 1.55. The Morgan fingerprint density at radius 1 is 1.39 bits per heavy atom. The summed E-state index contributed by atoms with van der Waals surface area (Å²) in [5.74, 6) is 0.818. The summed E-state index contributed by atoms with van der Waals surface area (Å²) in [7, 11) is 4.21. The number of hydrogen-bond acceptors (Lipinski definition) is 3. The molecule has 1 aromatic heterocycles. The van der Waals surface area contributed by atoms with Crippen molar-refractivity contribution in [1.29, 1.82) is 0 Å². The molecule has 0 amide bonds. The van der Waals surface area contributed by atoms with Gasteiger partial charge >= 0.3 is 0 Å². The molecule has 1 fully saturated rings. The van der Waals surface area contributed by atoms with Crippen LogP contribution in [0.2, 0.25) is 0 Å². The van der Waals surface area contributed by atoms with E-state index in [0.717, 1.165) is 12.5 Å². The molecule has 102 valence electrons. The number of nitrogens with one attached hydrogen (secondary N) is 1. The smallest absolute Gasteiger partial charge is 0.0537 e. The highest BCUT2D eigenvalue weighted by atomic mass is 15.3. The Bertz CT molecular complexity index is 377. The highest BCUT2D eigenvalue weighted by molar-refractivity contribution is 5.15. The number of piperidine rings is 1. The molecule has 0 radical (unpaired) electrons. The highest BCUT2D eigenvalue weighted by Crippen LogP contribution is 2.20. The number of hydrogen-bond donors (Lipinski definition) is 1. The predicted molar refractivity (Wildman–Crippen MR) is 74.5 cm³/mol. The quantitative estimate of drug-likeness (QED) is 0.880. The van der Waals surface area contributed by atoms with Crippen molar-refractivity contribution in [3.05, 3.63) is 17.5 Å². The molecule has 1 aromatic rings. The van der Waals surface area contributed by atoms with Crippen molar-refractivity contribution < 1.29 is 0 Å². The van der Waals surface area contributed by atoms with Gasteiger partial charge in [-0.3, -0.25) is 4.68 Å². The second kappa shape index (κ2) is 5.85. The fourth-order valence-electron chi connectivity index (χ4n) is 2.68. The third kappa shape index (κ3) is 3.12. The standard InChI is InChI=1S/C14H26N4/c1-11(13-5-7-17(3)8-6-13)15-9-14-10-16-18(4)12(14)2/h10-11,13,15H,5-9H2,1-4H3. The minimum absolute atomic E-state index is 0.596. The van der Waals surface area contributed by atoms with Crippen LogP contribution in [0.5, 0.6) is 0 Å². The van der Waals surface area contributed by atoms with Gasteiger partial charge in [0.1, 0.15) is 0 Å². The molecule has 1 N–H and O–H groups in total. The van der Waals surface area contributed by atoms with Gasteiger partial charge in [0, 0.05) is 30.9 Å². The van der Waals surface area contributed by atoms with E-state index in [2.05, 4.69) is 36.2 Å². The number of nitrogens with zero attached hydrogens (tertiary/aromatic N) is 3. The molecule has 1 aliphatic heterocycles. The summed E-state index contributed by atoms with van der Waals surface area (Å²) in [5.41, 5.74) is 2.58. The average molecular weight is 250 g/mol. The summed E-state index contributed by atoms with van der Waals surface area (Å²) >= 11 is 0. The van der Waals surface area contributed by atoms with Gasteiger partial charge in [0.25, 0.3) is 0 Å². The van der Waals surface area contributed by atoms with Gasteiger partial charge in [0.15, 0.2) is 0 Å². The van der Waals surface area contributed by atoms with Crippen molar-refractivity contribution in [1.82, 2.24) is 20.0 Å². The van der Waals surface area contributed by atoms with E-state index in [4.69, 9.17) is 0 Å². The van der Waals surface area contributed by atoms with Crippen LogP contribution in [-0.2, 0) is 13.6 Å². The zero-order valence-corrected chi connectivity index (χ0v) is 12.1. The molecule has 0 aromatic carbocycles. The van der Waals surface area contributed by atoms with Crippen LogP contribution < -0.4 is 5.32 Å². The first kappa shape index (κ1) is 13.6. The molecule has 2 rings (SSSR count). The van der Waals surface area contributed by atoms with Gasteiger partial charge in [-0.05, 0) is 52.7 Å². The lowest BCUT2D eigenvalue weighted by Gasteiger charge is -2.33. The average Bonchev–Trinajstić information content (AvgIpc) is 2.68. The third-order valence-corrected chi connectivity index (χ3v) is 4.42. The van der Waals surface area contributed by atoms with Gasteiger partial charge in [-0.15, -0.1) is 0 Å². The van der Waals surface area contributed by atoms with Crippen LogP contribution in [0.25, 0.3) is 0 Å². The van der Waals surface area contributed by atoms with E-state index in [0.29, 0.717) is 6.04 Å². The second-order valence-corrected chi connectivity index (χ2v) is 5.69. The fraction of sp³-hybridized carbons (Fsp3) is 0.786. The molecule has 0 bridgehead atoms. The molecule has 1 saturated heterocycles. The van der Waals surface area contributed by atoms with Gasteiger partial charge in [-0.25, -0.2) is 0 Å². The molecule has 0 saturated carbocycles. The van der Waals surface area contributed by atoms with Crippen LogP contribution in [0, 0.1) is 12.8 Å². The van der Waals surface area contributed by atoms with Crippen LogP contribution in [0.15, 0.2) is 6.20 Å². The van der Waals surface area contributed by atoms with Crippen molar-refractivity contribution >= 4 is 0 Å². The Balaban J connectivity index is 1.81. The largest absolute Gasteiger partial charge is 0.310 e. The summed E-state index contributed by atoms with van der Waals surface area (Å²) in [4.78, 5) is 2.43. The van der Waals surface area contributed by atoms with Crippen LogP contribution in [0.1, 0.15) is 31.0 Å². The zero-order chi connectivity index (χ0) is 13.1. The topological polar surface area (TPSA) is 33.1 Å². The SMILES string of the molecule is Cc1c(CNC(C)C2CCN(C)CC2)cnn1C. The first-order valence-electron chi connectivity index (χ1n) is 6.97. The highest BCUT2D eigenvalue weighted by Gasteiger charge is 2.21. The van der Waals surface area contributed by atoms with Crippen LogP contribution >= 0.6 is 0 Å². The van der Waals surface area contributed by atoms with Crippen molar-refractivity contribution in [2.24, 2.45) is 13.0 Å². The van der Waals surface area contributed by atoms with Crippen molar-refractivity contribution in [3.63, 3.8) is 0 Å². The molecule has 1 aliphatic rings. The second-order valence-electron chi connectivity index (χ2n) is 5.69. The summed E-state index contributed by atoms with van der Waals surface area (Å²) < 4.78 is 1.94. The van der Waals surface area contributed by atoms with Gasteiger partial charge < -0.3 is 10.2 Å². The van der Waals surface area contributed by atoms with Gasteiger partial charge in [-0.2, -0.15) is 5.10 Å². The lowest BCUT2D eigenvalue weighted by Crippen LogP contribution is -2.40. The Morgan fingerprint density at radius 3 is 2.61 bits per heavy atom. The Hall–Kier alpha value is -0.870. The van der Waals surface area contributed by atoms with E-state index in [1.165, 1.54) is 37.2 Å². The van der Waals surface area contributed by atoms with Crippen molar-refractivity contribution in [2.75, 3.05) is 20.1 Å². The lowest BCUT2D eigenvalue weighted by molar-refractivity contribution is 0.189. The number of rotatable bonds is 4. The Morgan fingerprint density at radius 2 is 2.06 bits per heavy atom. The van der Waals surface area contributed by atoms with Gasteiger partial charge in [0.2, 0.25) is 0 Å². The number of aromatic nitrogens is 2. The van der Waals surface area contributed by atoms with Gasteiger partial charge in [-0.1, -0.05) is 0 Å². The Kier molecular flexibility index (Phi) is 4.40. The summed E-state index contributed by atoms with van der Waals surface area (Å²) in [5, 5.41) is 7.95. The monoisotopic (exact) mass is 250 g/mol. The van der Waals surface area contributed by atoms with E-state index in [9.17, 15) is 0 Å². The number of likely N-dealkylation sites (tertiary alicyclic amines) is 1. The summed E-state index contributed by atoms with van der Waals surface area (Å²) in [6.45, 7) is 7.87. The molecular formula is C14H26N4. The van der Waals surface area contributed by atoms with E-state index in [-0.39, 0.29) is 0 Å². The molecule has 4 heteroatoms. The normalized spacial score (nSPS) is 20.2. The lowest BCUT2D eigenvalue weighted by atomic mass is 9.90. The van der Waals surface area contributed by atoms with Gasteiger partial charge in [0.05, 0.1) is 6.20 Å². The minimum Gasteiger partial charge on any atom is -0.310 e. The Labute approximate surface area is 110 Å². The first-order valence-corrected chi connectivity index (χ1v) is 6.97. The van der Waals surface area contributed by atoms with E-state index in [1.54, 1.807) is 0 Å². The van der Waals surface area contributed by atoms with Crippen LogP contribution in [-0.4, -0.2) is 40.9 Å². The molecule has 1 atom stereocenters. The zero-order valence-electron chi connectivity index (χ0n) is 12.1. The minimum atomic E-state index is 0.596. The maximum absolute atomic E-state index is 4.29. The maximum atomic E-state index is 4.29.